The minimum absolute atomic E-state index is 0.116. The van der Waals surface area contributed by atoms with Crippen LogP contribution >= 0.6 is 0 Å². The number of aliphatic hydroxyl groups excluding tert-OH is 1. The summed E-state index contributed by atoms with van der Waals surface area (Å²) in [4.78, 5) is 17.4. The maximum Gasteiger partial charge on any atom is 0.303 e. The van der Waals surface area contributed by atoms with Crippen molar-refractivity contribution in [3.05, 3.63) is 23.4 Å². The zero-order chi connectivity index (χ0) is 17.2. The predicted octanol–water partition coefficient (Wildman–Crippen LogP) is 1.92. The number of pyridine rings is 1. The Kier molecular flexibility index (Phi) is 7.98. The van der Waals surface area contributed by atoms with Gasteiger partial charge in [-0.15, -0.1) is 0 Å². The Morgan fingerprint density at radius 3 is 2.83 bits per heavy atom. The average molecular weight is 335 g/mol. The topological polar surface area (TPSA) is 85.7 Å². The van der Waals surface area contributed by atoms with E-state index in [9.17, 15) is 4.79 Å². The molecule has 0 atom stereocenters. The van der Waals surface area contributed by atoms with Gasteiger partial charge >= 0.3 is 5.97 Å². The molecule has 0 bridgehead atoms. The van der Waals surface area contributed by atoms with Crippen LogP contribution in [0.15, 0.2) is 12.1 Å². The lowest BCUT2D eigenvalue weighted by molar-refractivity contribution is -0.137. The van der Waals surface area contributed by atoms with Gasteiger partial charge in [0.25, 0.3) is 0 Å². The van der Waals surface area contributed by atoms with Crippen LogP contribution in [-0.4, -0.2) is 58.9 Å². The van der Waals surface area contributed by atoms with Gasteiger partial charge in [-0.2, -0.15) is 0 Å². The fourth-order valence-electron chi connectivity index (χ4n) is 3.08. The number of nitrogens with one attached hydrogen (secondary N) is 1. The third kappa shape index (κ3) is 6.45. The van der Waals surface area contributed by atoms with Gasteiger partial charge in [-0.3, -0.25) is 4.79 Å². The standard InChI is InChI=1S/C18H29N3O3/c22-14-13-21(12-4-7-17(23)24)11-2-1-6-16-9-8-15-5-3-10-19-18(15)20-16/h8-9,22H,1-7,10-14H2,(H,19,20)(H,23,24). The Bertz CT molecular complexity index is 522. The normalized spacial score (nSPS) is 13.6. The lowest BCUT2D eigenvalue weighted by Crippen LogP contribution is -2.29. The summed E-state index contributed by atoms with van der Waals surface area (Å²) in [5.74, 6) is 0.292. The second kappa shape index (κ2) is 10.3. The number of anilines is 1. The van der Waals surface area contributed by atoms with Crippen LogP contribution in [0.4, 0.5) is 5.82 Å². The number of aliphatic carboxylic acids is 1. The zero-order valence-electron chi connectivity index (χ0n) is 14.3. The molecule has 6 nitrogen and oxygen atoms in total. The molecule has 0 saturated heterocycles. The number of aromatic nitrogens is 1. The molecule has 0 saturated carbocycles. The second-order valence-electron chi connectivity index (χ2n) is 6.36. The van der Waals surface area contributed by atoms with Crippen molar-refractivity contribution in [3.8, 4) is 0 Å². The number of rotatable bonds is 11. The highest BCUT2D eigenvalue weighted by Crippen LogP contribution is 2.20. The van der Waals surface area contributed by atoms with Gasteiger partial charge in [0.1, 0.15) is 5.82 Å². The van der Waals surface area contributed by atoms with Gasteiger partial charge in [-0.1, -0.05) is 6.07 Å². The summed E-state index contributed by atoms with van der Waals surface area (Å²) in [5.41, 5.74) is 2.44. The highest BCUT2D eigenvalue weighted by Gasteiger charge is 2.10. The van der Waals surface area contributed by atoms with Crippen LogP contribution < -0.4 is 5.32 Å². The van der Waals surface area contributed by atoms with Crippen LogP contribution in [0.5, 0.6) is 0 Å². The third-order valence-corrected chi connectivity index (χ3v) is 4.39. The SMILES string of the molecule is O=C(O)CCCN(CCO)CCCCc1ccc2c(n1)NCCC2. The number of carbonyl (C=O) groups is 1. The van der Waals surface area contributed by atoms with E-state index in [1.807, 2.05) is 0 Å². The number of nitrogens with zero attached hydrogens (tertiary/aromatic N) is 2. The Balaban J connectivity index is 1.69. The van der Waals surface area contributed by atoms with Gasteiger partial charge in [0.15, 0.2) is 0 Å². The van der Waals surface area contributed by atoms with E-state index < -0.39 is 5.97 Å². The number of aliphatic hydroxyl groups is 1. The van der Waals surface area contributed by atoms with Crippen LogP contribution in [0, 0.1) is 0 Å². The molecule has 1 aliphatic heterocycles. The van der Waals surface area contributed by atoms with Crippen LogP contribution in [0.3, 0.4) is 0 Å². The molecule has 1 aromatic rings. The summed E-state index contributed by atoms with van der Waals surface area (Å²) in [6.07, 6.45) is 6.14. The Labute approximate surface area is 143 Å². The first-order valence-corrected chi connectivity index (χ1v) is 8.96. The maximum atomic E-state index is 10.6. The monoisotopic (exact) mass is 335 g/mol. The molecule has 0 aliphatic carbocycles. The Morgan fingerprint density at radius 1 is 1.21 bits per heavy atom. The van der Waals surface area contributed by atoms with E-state index in [-0.39, 0.29) is 13.0 Å². The lowest BCUT2D eigenvalue weighted by atomic mass is 10.1. The van der Waals surface area contributed by atoms with Crippen molar-refractivity contribution in [2.75, 3.05) is 38.1 Å². The van der Waals surface area contributed by atoms with Crippen LogP contribution in [0.25, 0.3) is 0 Å². The number of carboxylic acid groups (broad SMARTS) is 1. The number of unbranched alkanes of at least 4 members (excludes halogenated alkanes) is 1. The fraction of sp³-hybridized carbons (Fsp3) is 0.667. The lowest BCUT2D eigenvalue weighted by Gasteiger charge is -2.21. The Hall–Kier alpha value is -1.66. The van der Waals surface area contributed by atoms with Crippen LogP contribution in [0.1, 0.15) is 43.4 Å². The molecule has 1 aliphatic rings. The maximum absolute atomic E-state index is 10.6. The van der Waals surface area contributed by atoms with E-state index in [0.717, 1.165) is 56.8 Å². The molecule has 1 aromatic heterocycles. The molecular formula is C18H29N3O3. The molecule has 0 aromatic carbocycles. The van der Waals surface area contributed by atoms with E-state index in [2.05, 4.69) is 22.3 Å². The van der Waals surface area contributed by atoms with E-state index in [1.165, 1.54) is 12.0 Å². The molecular weight excluding hydrogens is 306 g/mol. The van der Waals surface area contributed by atoms with E-state index in [0.29, 0.717) is 13.0 Å². The molecule has 2 heterocycles. The Morgan fingerprint density at radius 2 is 2.04 bits per heavy atom. The predicted molar refractivity (Wildman–Crippen MR) is 94.4 cm³/mol. The molecule has 2 rings (SSSR count). The van der Waals surface area contributed by atoms with E-state index in [1.54, 1.807) is 0 Å². The van der Waals surface area contributed by atoms with Crippen molar-refractivity contribution < 1.29 is 15.0 Å². The van der Waals surface area contributed by atoms with E-state index in [4.69, 9.17) is 15.2 Å². The van der Waals surface area contributed by atoms with Crippen molar-refractivity contribution >= 4 is 11.8 Å². The highest BCUT2D eigenvalue weighted by atomic mass is 16.4. The molecule has 0 unspecified atom stereocenters. The van der Waals surface area contributed by atoms with E-state index >= 15 is 0 Å². The molecule has 24 heavy (non-hydrogen) atoms. The number of hydrogen-bond donors (Lipinski definition) is 3. The minimum atomic E-state index is -0.758. The summed E-state index contributed by atoms with van der Waals surface area (Å²) in [5, 5.41) is 21.2. The number of hydrogen-bond acceptors (Lipinski definition) is 5. The number of aryl methyl sites for hydroxylation is 2. The summed E-state index contributed by atoms with van der Waals surface area (Å²) < 4.78 is 0. The van der Waals surface area contributed by atoms with Crippen molar-refractivity contribution in [2.24, 2.45) is 0 Å². The highest BCUT2D eigenvalue weighted by molar-refractivity contribution is 5.66. The number of fused-ring (bicyclic) bond motifs is 1. The van der Waals surface area contributed by atoms with Gasteiger partial charge in [0.2, 0.25) is 0 Å². The second-order valence-corrected chi connectivity index (χ2v) is 6.36. The first-order chi connectivity index (χ1) is 11.7. The average Bonchev–Trinajstić information content (AvgIpc) is 2.58. The van der Waals surface area contributed by atoms with Gasteiger partial charge in [-0.25, -0.2) is 4.98 Å². The summed E-state index contributed by atoms with van der Waals surface area (Å²) in [6.45, 7) is 3.36. The zero-order valence-corrected chi connectivity index (χ0v) is 14.3. The molecule has 134 valence electrons. The van der Waals surface area contributed by atoms with Gasteiger partial charge in [0, 0.05) is 25.2 Å². The number of carboxylic acids is 1. The minimum Gasteiger partial charge on any atom is -0.481 e. The fourth-order valence-corrected chi connectivity index (χ4v) is 3.08. The summed E-state index contributed by atoms with van der Waals surface area (Å²) >= 11 is 0. The largest absolute Gasteiger partial charge is 0.481 e. The first-order valence-electron chi connectivity index (χ1n) is 8.96. The van der Waals surface area contributed by atoms with Gasteiger partial charge < -0.3 is 20.4 Å². The van der Waals surface area contributed by atoms with Crippen LogP contribution in [0.2, 0.25) is 0 Å². The summed E-state index contributed by atoms with van der Waals surface area (Å²) in [6, 6.07) is 4.32. The third-order valence-electron chi connectivity index (χ3n) is 4.39. The molecule has 0 radical (unpaired) electrons. The van der Waals surface area contributed by atoms with Crippen molar-refractivity contribution in [2.45, 2.75) is 44.9 Å². The molecule has 6 heteroatoms. The first kappa shape index (κ1) is 18.7. The van der Waals surface area contributed by atoms with Crippen molar-refractivity contribution in [1.82, 2.24) is 9.88 Å². The molecule has 0 spiro atoms. The molecule has 3 N–H and O–H groups in total. The van der Waals surface area contributed by atoms with Crippen LogP contribution in [-0.2, 0) is 17.6 Å². The van der Waals surface area contributed by atoms with Crippen molar-refractivity contribution in [3.63, 3.8) is 0 Å². The van der Waals surface area contributed by atoms with Gasteiger partial charge in [0.05, 0.1) is 6.61 Å². The molecule has 0 amide bonds. The molecule has 0 fully saturated rings. The van der Waals surface area contributed by atoms with Gasteiger partial charge in [-0.05, 0) is 63.2 Å². The smallest absolute Gasteiger partial charge is 0.303 e. The van der Waals surface area contributed by atoms with Crippen molar-refractivity contribution in [1.29, 1.82) is 0 Å². The quantitative estimate of drug-likeness (QED) is 0.536. The summed E-state index contributed by atoms with van der Waals surface area (Å²) in [7, 11) is 0.